The van der Waals surface area contributed by atoms with Gasteiger partial charge in [0.1, 0.15) is 25.3 Å². The molecule has 1 aliphatic heterocycles. The highest BCUT2D eigenvalue weighted by Gasteiger charge is 2.33. The minimum Gasteiger partial charge on any atom is -0.364 e. The van der Waals surface area contributed by atoms with Crippen molar-refractivity contribution >= 4 is 0 Å². The van der Waals surface area contributed by atoms with E-state index >= 15 is 0 Å². The molecule has 2 unspecified atom stereocenters. The van der Waals surface area contributed by atoms with Crippen LogP contribution in [0.15, 0.2) is 24.3 Å². The van der Waals surface area contributed by atoms with Gasteiger partial charge in [-0.2, -0.15) is 0 Å². The smallest absolute Gasteiger partial charge is 0.105 e. The van der Waals surface area contributed by atoms with Gasteiger partial charge in [-0.15, -0.1) is 0 Å². The summed E-state index contributed by atoms with van der Waals surface area (Å²) >= 11 is 0. The third kappa shape index (κ3) is 8.25. The molecule has 1 heterocycles. The van der Waals surface area contributed by atoms with Crippen molar-refractivity contribution in [2.45, 2.75) is 99.2 Å². The second kappa shape index (κ2) is 10.3. The van der Waals surface area contributed by atoms with E-state index in [4.69, 9.17) is 4.74 Å². The normalized spacial score (nSPS) is 25.8. The molecule has 2 atom stereocenters. The lowest BCUT2D eigenvalue weighted by Gasteiger charge is -2.43. The Hall–Kier alpha value is -0.860. The van der Waals surface area contributed by atoms with Crippen molar-refractivity contribution in [1.29, 1.82) is 0 Å². The van der Waals surface area contributed by atoms with Crippen LogP contribution in [-0.4, -0.2) is 43.4 Å². The van der Waals surface area contributed by atoms with Gasteiger partial charge in [0.25, 0.3) is 0 Å². The molecule has 2 heteroatoms. The Morgan fingerprint density at radius 1 is 0.929 bits per heavy atom. The van der Waals surface area contributed by atoms with Crippen LogP contribution < -0.4 is 0 Å². The van der Waals surface area contributed by atoms with Crippen molar-refractivity contribution in [3.05, 3.63) is 35.4 Å². The first-order chi connectivity index (χ1) is 12.9. The van der Waals surface area contributed by atoms with Gasteiger partial charge in [0.05, 0.1) is 13.6 Å². The molecule has 0 saturated carbocycles. The fraction of sp³-hybridized carbons (Fsp3) is 0.769. The molecule has 0 aromatic heterocycles. The zero-order valence-electron chi connectivity index (χ0n) is 20.6. The summed E-state index contributed by atoms with van der Waals surface area (Å²) in [7, 11) is 2.40. The zero-order valence-corrected chi connectivity index (χ0v) is 20.6. The van der Waals surface area contributed by atoms with Gasteiger partial charge >= 0.3 is 0 Å². The highest BCUT2D eigenvalue weighted by molar-refractivity contribution is 5.28. The first kappa shape index (κ1) is 25.2. The Bertz CT molecular complexity index is 557. The summed E-state index contributed by atoms with van der Waals surface area (Å²) in [6.07, 6.45) is 4.40. The number of hydrogen-bond acceptors (Lipinski definition) is 1. The lowest BCUT2D eigenvalue weighted by Crippen LogP contribution is -2.57. The van der Waals surface area contributed by atoms with Gasteiger partial charge in [-0.25, -0.2) is 0 Å². The van der Waals surface area contributed by atoms with Crippen LogP contribution in [0.5, 0.6) is 0 Å². The SMILES string of the molecule is CC.CC1C[N+](C)(CCCc2ccc(C(C)(C)CC(C)(C)C)cc2)CC(C)O1. The molecular formula is C26H48NO+. The fourth-order valence-electron chi connectivity index (χ4n) is 5.20. The first-order valence-electron chi connectivity index (χ1n) is 11.5. The number of hydrogen-bond donors (Lipinski definition) is 0. The van der Waals surface area contributed by atoms with Crippen LogP contribution in [0.4, 0.5) is 0 Å². The average molecular weight is 391 g/mol. The molecule has 2 rings (SSSR count). The van der Waals surface area contributed by atoms with E-state index in [1.807, 2.05) is 13.8 Å². The molecule has 0 bridgehead atoms. The Kier molecular flexibility index (Phi) is 9.22. The molecular weight excluding hydrogens is 342 g/mol. The van der Waals surface area contributed by atoms with E-state index in [0.29, 0.717) is 17.6 Å². The number of morpholine rings is 1. The van der Waals surface area contributed by atoms with Gasteiger partial charge in [0.2, 0.25) is 0 Å². The predicted molar refractivity (Wildman–Crippen MR) is 124 cm³/mol. The number of likely N-dealkylation sites (N-methyl/N-ethyl adjacent to an activating group) is 1. The van der Waals surface area contributed by atoms with Crippen molar-refractivity contribution in [1.82, 2.24) is 0 Å². The van der Waals surface area contributed by atoms with Gasteiger partial charge in [-0.3, -0.25) is 0 Å². The molecule has 1 aromatic rings. The molecule has 0 aliphatic carbocycles. The van der Waals surface area contributed by atoms with E-state index in [1.165, 1.54) is 36.9 Å². The molecule has 162 valence electrons. The summed E-state index contributed by atoms with van der Waals surface area (Å²) < 4.78 is 7.06. The minimum absolute atomic E-state index is 0.232. The van der Waals surface area contributed by atoms with E-state index in [-0.39, 0.29) is 5.41 Å². The van der Waals surface area contributed by atoms with Crippen LogP contribution in [0.3, 0.4) is 0 Å². The number of ether oxygens (including phenoxy) is 1. The predicted octanol–water partition coefficient (Wildman–Crippen LogP) is 6.61. The summed E-state index contributed by atoms with van der Waals surface area (Å²) in [6.45, 7) is 23.7. The van der Waals surface area contributed by atoms with E-state index in [0.717, 1.165) is 17.6 Å². The van der Waals surface area contributed by atoms with Crippen molar-refractivity contribution in [2.24, 2.45) is 5.41 Å². The summed E-state index contributed by atoms with van der Waals surface area (Å²) in [6, 6.07) is 9.42. The van der Waals surface area contributed by atoms with E-state index in [9.17, 15) is 0 Å². The third-order valence-electron chi connectivity index (χ3n) is 5.73. The molecule has 1 aromatic carbocycles. The second-order valence-corrected chi connectivity index (χ2v) is 10.9. The largest absolute Gasteiger partial charge is 0.364 e. The molecule has 1 fully saturated rings. The Morgan fingerprint density at radius 2 is 1.43 bits per heavy atom. The van der Waals surface area contributed by atoms with Crippen LogP contribution in [0, 0.1) is 5.41 Å². The Balaban J connectivity index is 0.00000190. The Labute approximate surface area is 176 Å². The molecule has 1 aliphatic rings. The van der Waals surface area contributed by atoms with E-state index < -0.39 is 0 Å². The van der Waals surface area contributed by atoms with Crippen LogP contribution in [0.25, 0.3) is 0 Å². The maximum Gasteiger partial charge on any atom is 0.105 e. The van der Waals surface area contributed by atoms with Crippen LogP contribution in [0.1, 0.15) is 86.3 Å². The van der Waals surface area contributed by atoms with E-state index in [2.05, 4.69) is 79.8 Å². The molecule has 2 nitrogen and oxygen atoms in total. The number of benzene rings is 1. The van der Waals surface area contributed by atoms with Crippen molar-refractivity contribution < 1.29 is 9.22 Å². The summed E-state index contributed by atoms with van der Waals surface area (Å²) in [5, 5.41) is 0. The monoisotopic (exact) mass is 390 g/mol. The standard InChI is InChI=1S/C24H42NO.C2H6/c1-19-16-25(8,17-20(2)26-19)15-9-10-21-11-13-22(14-12-21)24(6,7)18-23(3,4)5;1-2/h11-14,19-20H,9-10,15-18H2,1-8H3;1-2H3/q+1;. The summed E-state index contributed by atoms with van der Waals surface area (Å²) in [5.41, 5.74) is 3.52. The van der Waals surface area contributed by atoms with E-state index in [1.54, 1.807) is 0 Å². The van der Waals surface area contributed by atoms with Gasteiger partial charge in [0, 0.05) is 6.42 Å². The van der Waals surface area contributed by atoms with Crippen molar-refractivity contribution in [3.63, 3.8) is 0 Å². The maximum absolute atomic E-state index is 5.91. The minimum atomic E-state index is 0.232. The number of nitrogens with zero attached hydrogens (tertiary/aromatic N) is 1. The molecule has 0 radical (unpaired) electrons. The quantitative estimate of drug-likeness (QED) is 0.496. The van der Waals surface area contributed by atoms with Gasteiger partial charge in [0.15, 0.2) is 0 Å². The third-order valence-corrected chi connectivity index (χ3v) is 5.73. The first-order valence-corrected chi connectivity index (χ1v) is 11.5. The highest BCUT2D eigenvalue weighted by atomic mass is 16.5. The Morgan fingerprint density at radius 3 is 1.89 bits per heavy atom. The maximum atomic E-state index is 5.91. The molecule has 1 saturated heterocycles. The van der Waals surface area contributed by atoms with Crippen molar-refractivity contribution in [3.8, 4) is 0 Å². The number of rotatable bonds is 6. The van der Waals surface area contributed by atoms with Crippen molar-refractivity contribution in [2.75, 3.05) is 26.7 Å². The molecule has 0 amide bonds. The lowest BCUT2D eigenvalue weighted by molar-refractivity contribution is -0.923. The molecule has 0 N–H and O–H groups in total. The summed E-state index contributed by atoms with van der Waals surface area (Å²) in [4.78, 5) is 0. The summed E-state index contributed by atoms with van der Waals surface area (Å²) in [5.74, 6) is 0. The van der Waals surface area contributed by atoms with Gasteiger partial charge in [-0.05, 0) is 48.6 Å². The van der Waals surface area contributed by atoms with Gasteiger partial charge < -0.3 is 9.22 Å². The van der Waals surface area contributed by atoms with Crippen LogP contribution in [-0.2, 0) is 16.6 Å². The zero-order chi connectivity index (χ0) is 21.6. The highest BCUT2D eigenvalue weighted by Crippen LogP contribution is 2.36. The van der Waals surface area contributed by atoms with Gasteiger partial charge in [-0.1, -0.05) is 72.7 Å². The topological polar surface area (TPSA) is 9.23 Å². The average Bonchev–Trinajstić information content (AvgIpc) is 2.53. The second-order valence-electron chi connectivity index (χ2n) is 10.9. The fourth-order valence-corrected chi connectivity index (χ4v) is 5.20. The lowest BCUT2D eigenvalue weighted by atomic mass is 9.72. The number of quaternary nitrogens is 1. The molecule has 0 spiro atoms. The van der Waals surface area contributed by atoms with Crippen LogP contribution in [0.2, 0.25) is 0 Å². The number of aryl methyl sites for hydroxylation is 1. The van der Waals surface area contributed by atoms with Crippen LogP contribution >= 0.6 is 0 Å². The molecule has 28 heavy (non-hydrogen) atoms.